The van der Waals surface area contributed by atoms with Crippen molar-refractivity contribution in [3.63, 3.8) is 0 Å². The van der Waals surface area contributed by atoms with Gasteiger partial charge in [0, 0.05) is 0 Å². The number of hydrogen-bond donors (Lipinski definition) is 8. The molecule has 0 aliphatic carbocycles. The molecule has 0 aromatic carbocycles. The third-order valence-corrected chi connectivity index (χ3v) is 7.67. The van der Waals surface area contributed by atoms with Crippen molar-refractivity contribution in [3.8, 4) is 0 Å². The Morgan fingerprint density at radius 1 is 0.667 bits per heavy atom. The molecule has 11 nitrogen and oxygen atoms in total. The molecule has 0 bridgehead atoms. The van der Waals surface area contributed by atoms with Crippen molar-refractivity contribution in [3.05, 3.63) is 0 Å². The van der Waals surface area contributed by atoms with Crippen LogP contribution in [0.4, 0.5) is 0 Å². The highest BCUT2D eigenvalue weighted by Crippen LogP contribution is 2.52. The van der Waals surface area contributed by atoms with E-state index in [9.17, 15) is 40.9 Å². The summed E-state index contributed by atoms with van der Waals surface area (Å²) in [6, 6.07) is 0. The molecule has 4 unspecified atom stereocenters. The summed E-state index contributed by atoms with van der Waals surface area (Å²) in [7, 11) is 0. The molecule has 30 heavy (non-hydrogen) atoms. The average molecular weight is 440 g/mol. The number of aliphatic hydroxyl groups is 8. The molecule has 0 spiro atoms. The van der Waals surface area contributed by atoms with Gasteiger partial charge in [0.1, 0.15) is 46.3 Å². The van der Waals surface area contributed by atoms with Crippen molar-refractivity contribution < 1.29 is 55.1 Å². The molecule has 2 rings (SSSR count). The van der Waals surface area contributed by atoms with E-state index in [2.05, 4.69) is 0 Å². The van der Waals surface area contributed by atoms with Crippen LogP contribution in [-0.2, 0) is 14.2 Å². The minimum absolute atomic E-state index is 0.744. The fourth-order valence-electron chi connectivity index (χ4n) is 4.25. The Balaban J connectivity index is 2.57. The molecule has 0 aromatic heterocycles. The van der Waals surface area contributed by atoms with Gasteiger partial charge in [0.05, 0.1) is 13.2 Å². The van der Waals surface area contributed by atoms with Crippen LogP contribution in [0.15, 0.2) is 0 Å². The predicted octanol–water partition coefficient (Wildman–Crippen LogP) is -2.67. The molecule has 2 saturated heterocycles. The van der Waals surface area contributed by atoms with Gasteiger partial charge >= 0.3 is 0 Å². The zero-order chi connectivity index (χ0) is 23.8. The second-order valence-electron chi connectivity index (χ2n) is 9.61. The average Bonchev–Trinajstić information content (AvgIpc) is 2.59. The van der Waals surface area contributed by atoms with E-state index in [4.69, 9.17) is 14.2 Å². The maximum atomic E-state index is 11.2. The van der Waals surface area contributed by atoms with E-state index in [-0.39, 0.29) is 0 Å². The largest absolute Gasteiger partial charge is 0.394 e. The van der Waals surface area contributed by atoms with Gasteiger partial charge in [-0.2, -0.15) is 0 Å². The lowest BCUT2D eigenvalue weighted by Crippen LogP contribution is -2.83. The fraction of sp³-hybridized carbons (Fsp3) is 1.00. The number of ether oxygens (including phenoxy) is 3. The van der Waals surface area contributed by atoms with Gasteiger partial charge in [-0.3, -0.25) is 0 Å². The highest BCUT2D eigenvalue weighted by Gasteiger charge is 2.73. The van der Waals surface area contributed by atoms with Gasteiger partial charge < -0.3 is 55.1 Å². The molecular weight excluding hydrogens is 404 g/mol. The van der Waals surface area contributed by atoms with Crippen LogP contribution in [0.1, 0.15) is 48.5 Å². The Labute approximate surface area is 175 Å². The molecule has 2 aliphatic rings. The molecule has 8 N–H and O–H groups in total. The highest BCUT2D eigenvalue weighted by atomic mass is 16.8. The second kappa shape index (κ2) is 7.03. The van der Waals surface area contributed by atoms with Gasteiger partial charge in [-0.25, -0.2) is 0 Å². The first kappa shape index (κ1) is 25.8. The molecule has 178 valence electrons. The summed E-state index contributed by atoms with van der Waals surface area (Å²) in [5, 5.41) is 84.9. The van der Waals surface area contributed by atoms with E-state index in [1.165, 1.54) is 13.8 Å². The lowest BCUT2D eigenvalue weighted by molar-refractivity contribution is -0.473. The summed E-state index contributed by atoms with van der Waals surface area (Å²) in [6.07, 6.45) is -4.39. The molecule has 11 heteroatoms. The highest BCUT2D eigenvalue weighted by molar-refractivity contribution is 5.19. The second-order valence-corrected chi connectivity index (χ2v) is 9.61. The quantitative estimate of drug-likeness (QED) is 0.228. The van der Waals surface area contributed by atoms with Crippen LogP contribution in [0.25, 0.3) is 0 Å². The molecule has 2 aliphatic heterocycles. The fourth-order valence-corrected chi connectivity index (χ4v) is 4.25. The van der Waals surface area contributed by atoms with Crippen LogP contribution in [-0.4, -0.2) is 112 Å². The lowest BCUT2D eigenvalue weighted by atomic mass is 9.65. The zero-order valence-electron chi connectivity index (χ0n) is 18.4. The summed E-state index contributed by atoms with van der Waals surface area (Å²) in [4.78, 5) is 0. The Hall–Kier alpha value is -0.440. The van der Waals surface area contributed by atoms with Crippen molar-refractivity contribution >= 4 is 0 Å². The van der Waals surface area contributed by atoms with Crippen molar-refractivity contribution in [2.24, 2.45) is 0 Å². The maximum absolute atomic E-state index is 11.2. The topological polar surface area (TPSA) is 190 Å². The van der Waals surface area contributed by atoms with Crippen molar-refractivity contribution in [1.82, 2.24) is 0 Å². The lowest BCUT2D eigenvalue weighted by Gasteiger charge is -2.64. The van der Waals surface area contributed by atoms with E-state index in [1.807, 2.05) is 0 Å². The van der Waals surface area contributed by atoms with Gasteiger partial charge in [-0.1, -0.05) is 0 Å². The zero-order valence-corrected chi connectivity index (χ0v) is 18.4. The summed E-state index contributed by atoms with van der Waals surface area (Å²) in [5.74, 6) is -4.46. The predicted molar refractivity (Wildman–Crippen MR) is 101 cm³/mol. The summed E-state index contributed by atoms with van der Waals surface area (Å²) in [5.41, 5.74) is -11.3. The molecule has 0 saturated carbocycles. The minimum Gasteiger partial charge on any atom is -0.394 e. The van der Waals surface area contributed by atoms with E-state index in [1.54, 1.807) is 0 Å². The smallest absolute Gasteiger partial charge is 0.198 e. The van der Waals surface area contributed by atoms with E-state index < -0.39 is 71.1 Å². The molecule has 0 radical (unpaired) electrons. The normalized spacial score (nSPS) is 59.9. The van der Waals surface area contributed by atoms with Crippen LogP contribution in [0, 0.1) is 0 Å². The summed E-state index contributed by atoms with van der Waals surface area (Å²) < 4.78 is 16.9. The number of rotatable bonds is 4. The Morgan fingerprint density at radius 2 is 1.17 bits per heavy atom. The molecule has 2 fully saturated rings. The number of aliphatic hydroxyl groups excluding tert-OH is 2. The van der Waals surface area contributed by atoms with Crippen LogP contribution >= 0.6 is 0 Å². The molecular formula is C19H36O11. The third kappa shape index (κ3) is 3.07. The maximum Gasteiger partial charge on any atom is 0.198 e. The Kier molecular flexibility index (Phi) is 6.05. The Morgan fingerprint density at radius 3 is 1.60 bits per heavy atom. The first-order valence-electron chi connectivity index (χ1n) is 9.77. The molecule has 0 aromatic rings. The number of hydrogen-bond acceptors (Lipinski definition) is 11. The molecule has 0 amide bonds. The van der Waals surface area contributed by atoms with Crippen molar-refractivity contribution in [2.45, 2.75) is 106 Å². The standard InChI is InChI=1S/C19H36O11/c1-13(22)11(9-21)29-19(7,17(5,26)15(13,3)24)30-12-10(8-20)28-18(6,27)16(4,25)14(12,2)23/h10-12,20-27H,8-9H2,1-7H3/t10?,11?,12-,13-,14-,15-,16?,17?,18-,19+/m1/s1. The first-order valence-corrected chi connectivity index (χ1v) is 9.77. The van der Waals surface area contributed by atoms with Gasteiger partial charge in [-0.05, 0) is 48.5 Å². The molecule has 10 atom stereocenters. The van der Waals surface area contributed by atoms with Crippen LogP contribution in [0.5, 0.6) is 0 Å². The van der Waals surface area contributed by atoms with E-state index >= 15 is 0 Å². The van der Waals surface area contributed by atoms with Crippen LogP contribution < -0.4 is 0 Å². The van der Waals surface area contributed by atoms with Gasteiger partial charge in [0.2, 0.25) is 0 Å². The van der Waals surface area contributed by atoms with Gasteiger partial charge in [0.15, 0.2) is 11.6 Å². The van der Waals surface area contributed by atoms with E-state index in [0.717, 1.165) is 34.6 Å². The summed E-state index contributed by atoms with van der Waals surface area (Å²) >= 11 is 0. The van der Waals surface area contributed by atoms with Gasteiger partial charge in [0.25, 0.3) is 0 Å². The minimum atomic E-state index is -2.34. The third-order valence-electron chi connectivity index (χ3n) is 7.67. The SMILES string of the molecule is CC1(O)[C@](C)(O[C@@H]2C(CO)O[C@@](C)(O)C(C)(O)[C@]2(C)O)OC(CO)[C@@](C)(O)[C@@]1(C)O. The van der Waals surface area contributed by atoms with Crippen molar-refractivity contribution in [2.75, 3.05) is 13.2 Å². The van der Waals surface area contributed by atoms with Crippen LogP contribution in [0.2, 0.25) is 0 Å². The molecule has 2 heterocycles. The Bertz CT molecular complexity index is 655. The van der Waals surface area contributed by atoms with Gasteiger partial charge in [-0.15, -0.1) is 0 Å². The van der Waals surface area contributed by atoms with E-state index in [0.29, 0.717) is 0 Å². The van der Waals surface area contributed by atoms with Crippen molar-refractivity contribution in [1.29, 1.82) is 0 Å². The first-order chi connectivity index (χ1) is 13.2. The van der Waals surface area contributed by atoms with Crippen LogP contribution in [0.3, 0.4) is 0 Å². The summed E-state index contributed by atoms with van der Waals surface area (Å²) in [6.45, 7) is 6.54. The monoisotopic (exact) mass is 440 g/mol.